The van der Waals surface area contributed by atoms with Gasteiger partial charge in [0, 0.05) is 16.8 Å². The molecule has 1 aliphatic carbocycles. The zero-order valence-electron chi connectivity index (χ0n) is 13.4. The van der Waals surface area contributed by atoms with Crippen molar-refractivity contribution in [2.75, 3.05) is 0 Å². The number of aryl methyl sites for hydroxylation is 1. The molecule has 0 radical (unpaired) electrons. The molecular formula is C18H15NO5S. The smallest absolute Gasteiger partial charge is 0.263 e. The summed E-state index contributed by atoms with van der Waals surface area (Å²) in [5.41, 5.74) is 1.47. The second kappa shape index (κ2) is 6.10. The maximum atomic E-state index is 11.7. The number of phenols is 4. The monoisotopic (exact) mass is 357 g/mol. The predicted molar refractivity (Wildman–Crippen MR) is 96.5 cm³/mol. The van der Waals surface area contributed by atoms with Crippen LogP contribution in [0.25, 0.3) is 22.6 Å². The Balaban J connectivity index is 2.10. The van der Waals surface area contributed by atoms with Gasteiger partial charge in [0.25, 0.3) is 5.43 Å². The van der Waals surface area contributed by atoms with Crippen LogP contribution in [0.3, 0.4) is 0 Å². The van der Waals surface area contributed by atoms with Gasteiger partial charge in [-0.1, -0.05) is 12.1 Å². The Kier molecular flexibility index (Phi) is 4.10. The SMILES string of the molecule is Cc1nc(C=Cc2ccc(O)c(O)c2C)sc2c(O)c(=O)c(O)cc1-2. The van der Waals surface area contributed by atoms with Gasteiger partial charge in [0.05, 0.1) is 4.88 Å². The number of phenolic OH excluding ortho intramolecular Hbond substituents is 4. The van der Waals surface area contributed by atoms with E-state index in [2.05, 4.69) is 4.98 Å². The zero-order chi connectivity index (χ0) is 18.3. The Morgan fingerprint density at radius 1 is 1.00 bits per heavy atom. The number of aromatic hydroxyl groups is 4. The molecule has 6 nitrogen and oxygen atoms in total. The molecular weight excluding hydrogens is 342 g/mol. The summed E-state index contributed by atoms with van der Waals surface area (Å²) >= 11 is 1.11. The highest BCUT2D eigenvalue weighted by atomic mass is 32.1. The van der Waals surface area contributed by atoms with Crippen molar-refractivity contribution in [1.29, 1.82) is 0 Å². The van der Waals surface area contributed by atoms with E-state index in [4.69, 9.17) is 0 Å². The molecule has 7 heteroatoms. The Hall–Kier alpha value is -3.06. The Labute approximate surface area is 147 Å². The minimum atomic E-state index is -0.816. The van der Waals surface area contributed by atoms with E-state index in [0.29, 0.717) is 32.3 Å². The molecule has 0 bridgehead atoms. The fraction of sp³-hybridized carbons (Fsp3) is 0.111. The molecule has 25 heavy (non-hydrogen) atoms. The van der Waals surface area contributed by atoms with Crippen LogP contribution in [0, 0.1) is 13.8 Å². The zero-order valence-corrected chi connectivity index (χ0v) is 14.3. The van der Waals surface area contributed by atoms with Crippen molar-refractivity contribution in [3.63, 3.8) is 0 Å². The van der Waals surface area contributed by atoms with Gasteiger partial charge in [0.1, 0.15) is 5.01 Å². The van der Waals surface area contributed by atoms with Crippen LogP contribution in [0.5, 0.6) is 23.0 Å². The number of hydrogen-bond acceptors (Lipinski definition) is 7. The number of benzene rings is 2. The van der Waals surface area contributed by atoms with E-state index in [-0.39, 0.29) is 11.5 Å². The van der Waals surface area contributed by atoms with Crippen LogP contribution in [0.15, 0.2) is 23.0 Å². The molecule has 0 spiro atoms. The van der Waals surface area contributed by atoms with Crippen molar-refractivity contribution in [3.8, 4) is 33.4 Å². The summed E-state index contributed by atoms with van der Waals surface area (Å²) in [5, 5.41) is 39.4. The maximum absolute atomic E-state index is 11.7. The van der Waals surface area contributed by atoms with Gasteiger partial charge in [0.2, 0.25) is 0 Å². The Bertz CT molecular complexity index is 1040. The van der Waals surface area contributed by atoms with Gasteiger partial charge in [0.15, 0.2) is 23.0 Å². The molecule has 1 heterocycles. The van der Waals surface area contributed by atoms with Crippen LogP contribution in [0.1, 0.15) is 21.8 Å². The minimum absolute atomic E-state index is 0.183. The minimum Gasteiger partial charge on any atom is -0.504 e. The molecule has 128 valence electrons. The van der Waals surface area contributed by atoms with Crippen LogP contribution in [-0.2, 0) is 0 Å². The third-order valence-electron chi connectivity index (χ3n) is 3.92. The van der Waals surface area contributed by atoms with E-state index in [1.807, 2.05) is 0 Å². The third-order valence-corrected chi connectivity index (χ3v) is 4.97. The Morgan fingerprint density at radius 2 is 1.72 bits per heavy atom. The quantitative estimate of drug-likeness (QED) is 0.524. The molecule has 0 amide bonds. The summed E-state index contributed by atoms with van der Waals surface area (Å²) in [5.74, 6) is -1.39. The average Bonchev–Trinajstić information content (AvgIpc) is 2.58. The van der Waals surface area contributed by atoms with Crippen molar-refractivity contribution in [3.05, 3.63) is 50.3 Å². The predicted octanol–water partition coefficient (Wildman–Crippen LogP) is 3.22. The summed E-state index contributed by atoms with van der Waals surface area (Å²) in [6.45, 7) is 3.39. The summed E-state index contributed by atoms with van der Waals surface area (Å²) in [7, 11) is 0. The Morgan fingerprint density at radius 3 is 2.44 bits per heavy atom. The number of aromatic nitrogens is 1. The fourth-order valence-corrected chi connectivity index (χ4v) is 3.49. The van der Waals surface area contributed by atoms with Crippen LogP contribution in [0.4, 0.5) is 0 Å². The lowest BCUT2D eigenvalue weighted by atomic mass is 10.1. The largest absolute Gasteiger partial charge is 0.504 e. The van der Waals surface area contributed by atoms with E-state index in [1.54, 1.807) is 32.1 Å². The molecule has 1 aromatic carbocycles. The van der Waals surface area contributed by atoms with Gasteiger partial charge in [-0.2, -0.15) is 0 Å². The molecule has 0 unspecified atom stereocenters. The molecule has 2 aliphatic rings. The van der Waals surface area contributed by atoms with Gasteiger partial charge in [-0.25, -0.2) is 4.98 Å². The first kappa shape index (κ1) is 16.8. The van der Waals surface area contributed by atoms with Crippen molar-refractivity contribution in [2.45, 2.75) is 13.8 Å². The van der Waals surface area contributed by atoms with E-state index in [0.717, 1.165) is 11.3 Å². The van der Waals surface area contributed by atoms with Gasteiger partial charge >= 0.3 is 0 Å². The summed E-state index contributed by atoms with van der Waals surface area (Å²) in [6, 6.07) is 4.35. The van der Waals surface area contributed by atoms with Crippen molar-refractivity contribution >= 4 is 23.5 Å². The fourth-order valence-electron chi connectivity index (χ4n) is 2.46. The number of nitrogens with zero attached hydrogens (tertiary/aromatic N) is 1. The standard InChI is InChI=1S/C18H15NO5S/c1-8-10(3-5-12(20)15(8)22)4-6-14-19-9(2)11-7-13(21)16(23)17(24)18(11)25-14/h3-7,20-22,24H,1-2H3. The van der Waals surface area contributed by atoms with Gasteiger partial charge in [-0.05, 0) is 37.6 Å². The first-order valence-corrected chi connectivity index (χ1v) is 8.17. The normalized spacial score (nSPS) is 11.4. The number of rotatable bonds is 2. The molecule has 1 aromatic rings. The van der Waals surface area contributed by atoms with Crippen LogP contribution in [0.2, 0.25) is 0 Å². The van der Waals surface area contributed by atoms with Crippen molar-refractivity contribution in [2.24, 2.45) is 0 Å². The lowest BCUT2D eigenvalue weighted by Crippen LogP contribution is -2.03. The van der Waals surface area contributed by atoms with E-state index < -0.39 is 16.9 Å². The topological polar surface area (TPSA) is 111 Å². The average molecular weight is 357 g/mol. The molecule has 3 rings (SSSR count). The molecule has 0 saturated carbocycles. The highest BCUT2D eigenvalue weighted by Crippen LogP contribution is 2.38. The molecule has 0 atom stereocenters. The van der Waals surface area contributed by atoms with Gasteiger partial charge < -0.3 is 20.4 Å². The lowest BCUT2D eigenvalue weighted by molar-refractivity contribution is 0.401. The highest BCUT2D eigenvalue weighted by Gasteiger charge is 2.19. The molecule has 1 aliphatic heterocycles. The number of fused-ring (bicyclic) bond motifs is 1. The van der Waals surface area contributed by atoms with Crippen LogP contribution < -0.4 is 5.43 Å². The van der Waals surface area contributed by atoms with E-state index >= 15 is 0 Å². The third kappa shape index (κ3) is 2.89. The first-order valence-electron chi connectivity index (χ1n) is 7.35. The van der Waals surface area contributed by atoms with Crippen LogP contribution in [-0.4, -0.2) is 25.4 Å². The van der Waals surface area contributed by atoms with E-state index in [9.17, 15) is 25.2 Å². The van der Waals surface area contributed by atoms with Gasteiger partial charge in [-0.3, -0.25) is 4.79 Å². The highest BCUT2D eigenvalue weighted by molar-refractivity contribution is 7.16. The molecule has 4 N–H and O–H groups in total. The van der Waals surface area contributed by atoms with Crippen LogP contribution >= 0.6 is 11.3 Å². The van der Waals surface area contributed by atoms with Gasteiger partial charge in [-0.15, -0.1) is 11.3 Å². The van der Waals surface area contributed by atoms with Crippen molar-refractivity contribution < 1.29 is 20.4 Å². The lowest BCUT2D eigenvalue weighted by Gasteiger charge is -2.11. The van der Waals surface area contributed by atoms with Crippen molar-refractivity contribution in [1.82, 2.24) is 4.98 Å². The maximum Gasteiger partial charge on any atom is 0.263 e. The molecule has 0 fully saturated rings. The molecule has 0 aromatic heterocycles. The summed E-state index contributed by atoms with van der Waals surface area (Å²) in [4.78, 5) is 16.5. The second-order valence-electron chi connectivity index (χ2n) is 5.57. The summed E-state index contributed by atoms with van der Waals surface area (Å²) < 4.78 is 0. The first-order chi connectivity index (χ1) is 11.8. The second-order valence-corrected chi connectivity index (χ2v) is 6.60. The molecule has 0 saturated heterocycles. The summed E-state index contributed by atoms with van der Waals surface area (Å²) in [6.07, 6.45) is 3.40. The van der Waals surface area contributed by atoms with E-state index in [1.165, 1.54) is 12.1 Å². The number of hydrogen-bond donors (Lipinski definition) is 4.